The number of fused-ring (bicyclic) bond motifs is 1. The molecule has 0 spiro atoms. The number of nitrogens with two attached hydrogens (primary N) is 1. The van der Waals surface area contributed by atoms with Gasteiger partial charge in [0.15, 0.2) is 0 Å². The van der Waals surface area contributed by atoms with Gasteiger partial charge in [-0.3, -0.25) is 20.1 Å². The lowest BCUT2D eigenvalue weighted by molar-refractivity contribution is 0.264. The molecule has 0 bridgehead atoms. The molecule has 0 aliphatic carbocycles. The zero-order valence-electron chi connectivity index (χ0n) is 8.71. The molecule has 4 N–H and O–H groups in total. The van der Waals surface area contributed by atoms with Gasteiger partial charge in [0.2, 0.25) is 5.95 Å². The molecule has 0 atom stereocenters. The zero-order chi connectivity index (χ0) is 10.8. The zero-order valence-corrected chi connectivity index (χ0v) is 8.71. The van der Waals surface area contributed by atoms with Crippen LogP contribution in [0.25, 0.3) is 0 Å². The fraction of sp³-hybridized carbons (Fsp3) is 0.556. The molecule has 1 aliphatic heterocycles. The third-order valence-corrected chi connectivity index (χ3v) is 2.73. The van der Waals surface area contributed by atoms with Crippen molar-refractivity contribution in [3.8, 4) is 0 Å². The Morgan fingerprint density at radius 1 is 1.67 bits per heavy atom. The van der Waals surface area contributed by atoms with E-state index in [0.717, 1.165) is 30.8 Å². The summed E-state index contributed by atoms with van der Waals surface area (Å²) < 4.78 is 0. The molecular weight excluding hydrogens is 194 g/mol. The van der Waals surface area contributed by atoms with Gasteiger partial charge < -0.3 is 0 Å². The second-order valence-corrected chi connectivity index (χ2v) is 3.60. The van der Waals surface area contributed by atoms with E-state index < -0.39 is 0 Å². The van der Waals surface area contributed by atoms with E-state index in [1.54, 1.807) is 0 Å². The lowest BCUT2D eigenvalue weighted by atomic mass is 10.1. The van der Waals surface area contributed by atoms with E-state index >= 15 is 0 Å². The Hall–Kier alpha value is -1.40. The number of nitrogen functional groups attached to an aromatic ring is 1. The highest BCUT2D eigenvalue weighted by atomic mass is 16.1. The molecule has 0 aromatic carbocycles. The van der Waals surface area contributed by atoms with Crippen LogP contribution in [0.3, 0.4) is 0 Å². The topological polar surface area (TPSA) is 87.0 Å². The van der Waals surface area contributed by atoms with Gasteiger partial charge in [-0.1, -0.05) is 6.92 Å². The molecule has 2 heterocycles. The molecule has 0 unspecified atom stereocenters. The number of aromatic amines is 1. The number of hydrogen-bond acceptors (Lipinski definition) is 5. The van der Waals surface area contributed by atoms with E-state index in [0.29, 0.717) is 12.5 Å². The molecule has 1 aromatic heterocycles. The van der Waals surface area contributed by atoms with Crippen molar-refractivity contribution < 1.29 is 0 Å². The third kappa shape index (κ3) is 1.86. The van der Waals surface area contributed by atoms with Crippen LogP contribution in [0.15, 0.2) is 4.79 Å². The van der Waals surface area contributed by atoms with E-state index in [-0.39, 0.29) is 5.56 Å². The molecule has 0 radical (unpaired) electrons. The molecule has 6 heteroatoms. The minimum atomic E-state index is -0.0916. The summed E-state index contributed by atoms with van der Waals surface area (Å²) >= 11 is 0. The maximum absolute atomic E-state index is 11.7. The lowest BCUT2D eigenvalue weighted by Crippen LogP contribution is -2.36. The maximum Gasteiger partial charge on any atom is 0.257 e. The van der Waals surface area contributed by atoms with Crippen molar-refractivity contribution in [3.05, 3.63) is 21.6 Å². The summed E-state index contributed by atoms with van der Waals surface area (Å²) in [4.78, 5) is 20.7. The highest BCUT2D eigenvalue weighted by Gasteiger charge is 2.19. The fourth-order valence-electron chi connectivity index (χ4n) is 1.82. The smallest absolute Gasteiger partial charge is 0.257 e. The molecule has 0 fully saturated rings. The fourth-order valence-corrected chi connectivity index (χ4v) is 1.82. The molecule has 6 nitrogen and oxygen atoms in total. The minimum absolute atomic E-state index is 0.0916. The van der Waals surface area contributed by atoms with Gasteiger partial charge in [-0.15, -0.1) is 0 Å². The van der Waals surface area contributed by atoms with Crippen LogP contribution in [-0.2, 0) is 13.0 Å². The number of nitrogens with one attached hydrogen (secondary N) is 2. The van der Waals surface area contributed by atoms with Crippen molar-refractivity contribution in [3.63, 3.8) is 0 Å². The van der Waals surface area contributed by atoms with Crippen molar-refractivity contribution in [2.45, 2.75) is 19.9 Å². The summed E-state index contributed by atoms with van der Waals surface area (Å²) in [7, 11) is 0. The molecular formula is C9H15N5O. The number of nitrogens with zero attached hydrogens (tertiary/aromatic N) is 2. The van der Waals surface area contributed by atoms with Gasteiger partial charge in [-0.2, -0.15) is 0 Å². The Labute approximate surface area is 87.5 Å². The first-order valence-corrected chi connectivity index (χ1v) is 5.05. The van der Waals surface area contributed by atoms with Crippen molar-refractivity contribution in [1.29, 1.82) is 0 Å². The quantitative estimate of drug-likeness (QED) is 0.448. The molecule has 1 aromatic rings. The predicted molar refractivity (Wildman–Crippen MR) is 57.3 cm³/mol. The van der Waals surface area contributed by atoms with Gasteiger partial charge in [0.1, 0.15) is 0 Å². The van der Waals surface area contributed by atoms with Gasteiger partial charge in [-0.25, -0.2) is 10.8 Å². The largest absolute Gasteiger partial charge is 0.299 e. The van der Waals surface area contributed by atoms with Crippen LogP contribution in [-0.4, -0.2) is 28.0 Å². The van der Waals surface area contributed by atoms with E-state index in [2.05, 4.69) is 27.2 Å². The van der Waals surface area contributed by atoms with E-state index in [4.69, 9.17) is 5.84 Å². The number of anilines is 1. The van der Waals surface area contributed by atoms with Gasteiger partial charge in [-0.05, 0) is 6.54 Å². The normalized spacial score (nSPS) is 16.1. The molecule has 1 aliphatic rings. The molecule has 0 amide bonds. The van der Waals surface area contributed by atoms with Gasteiger partial charge in [0, 0.05) is 19.5 Å². The Morgan fingerprint density at radius 2 is 2.47 bits per heavy atom. The van der Waals surface area contributed by atoms with Crippen LogP contribution in [0.4, 0.5) is 5.95 Å². The van der Waals surface area contributed by atoms with Crippen molar-refractivity contribution >= 4 is 5.95 Å². The monoisotopic (exact) mass is 209 g/mol. The average Bonchev–Trinajstić information content (AvgIpc) is 2.28. The average molecular weight is 209 g/mol. The summed E-state index contributed by atoms with van der Waals surface area (Å²) in [5.41, 5.74) is 3.89. The predicted octanol–water partition coefficient (Wildman–Crippen LogP) is -0.566. The minimum Gasteiger partial charge on any atom is -0.299 e. The van der Waals surface area contributed by atoms with Crippen LogP contribution >= 0.6 is 0 Å². The first-order chi connectivity index (χ1) is 7.24. The number of hydrazine groups is 1. The molecule has 0 saturated heterocycles. The highest BCUT2D eigenvalue weighted by Crippen LogP contribution is 2.13. The first kappa shape index (κ1) is 10.1. The molecule has 15 heavy (non-hydrogen) atoms. The molecule has 2 rings (SSSR count). The number of likely N-dealkylation sites (N-methyl/N-ethyl adjacent to an activating group) is 1. The highest BCUT2D eigenvalue weighted by molar-refractivity contribution is 5.29. The summed E-state index contributed by atoms with van der Waals surface area (Å²) in [6, 6.07) is 0. The lowest BCUT2D eigenvalue weighted by Gasteiger charge is -2.26. The number of H-pyrrole nitrogens is 1. The summed E-state index contributed by atoms with van der Waals surface area (Å²) in [6.07, 6.45) is 0.807. The Morgan fingerprint density at radius 3 is 3.13 bits per heavy atom. The van der Waals surface area contributed by atoms with Gasteiger partial charge in [0.25, 0.3) is 5.56 Å². The summed E-state index contributed by atoms with van der Waals surface area (Å²) in [6.45, 7) is 4.67. The Bertz CT molecular complexity index is 413. The van der Waals surface area contributed by atoms with Crippen LogP contribution in [0.5, 0.6) is 0 Å². The van der Waals surface area contributed by atoms with Crippen LogP contribution in [0.2, 0.25) is 0 Å². The maximum atomic E-state index is 11.7. The van der Waals surface area contributed by atoms with Gasteiger partial charge in [0.05, 0.1) is 11.3 Å². The standard InChI is InChI=1S/C9H15N5O/c1-2-14-4-3-7-6(5-14)8(15)12-9(11-7)13-10/h2-5,10H2,1H3,(H2,11,12,13,15). The van der Waals surface area contributed by atoms with Crippen LogP contribution in [0.1, 0.15) is 18.2 Å². The Balaban J connectivity index is 2.39. The van der Waals surface area contributed by atoms with Crippen LogP contribution < -0.4 is 16.8 Å². The van der Waals surface area contributed by atoms with E-state index in [1.165, 1.54) is 0 Å². The second-order valence-electron chi connectivity index (χ2n) is 3.60. The number of aromatic nitrogens is 2. The second kappa shape index (κ2) is 4.00. The third-order valence-electron chi connectivity index (χ3n) is 2.73. The number of rotatable bonds is 2. The Kier molecular flexibility index (Phi) is 2.70. The summed E-state index contributed by atoms with van der Waals surface area (Å²) in [5.74, 6) is 5.55. The molecule has 0 saturated carbocycles. The molecule has 82 valence electrons. The SMILES string of the molecule is CCN1CCc2nc(NN)[nH]c(=O)c2C1. The van der Waals surface area contributed by atoms with Gasteiger partial charge >= 0.3 is 0 Å². The van der Waals surface area contributed by atoms with Crippen molar-refractivity contribution in [2.75, 3.05) is 18.5 Å². The number of hydrogen-bond donors (Lipinski definition) is 3. The van der Waals surface area contributed by atoms with E-state index in [1.807, 2.05) is 0 Å². The van der Waals surface area contributed by atoms with Crippen LogP contribution in [0, 0.1) is 0 Å². The first-order valence-electron chi connectivity index (χ1n) is 5.05. The van der Waals surface area contributed by atoms with Crippen molar-refractivity contribution in [1.82, 2.24) is 14.9 Å². The van der Waals surface area contributed by atoms with E-state index in [9.17, 15) is 4.79 Å². The van der Waals surface area contributed by atoms with Crippen molar-refractivity contribution in [2.24, 2.45) is 5.84 Å². The summed E-state index contributed by atoms with van der Waals surface area (Å²) in [5, 5.41) is 0.